The van der Waals surface area contributed by atoms with Crippen molar-refractivity contribution in [2.45, 2.75) is 32.3 Å². The SMILES string of the molecule is Cc1nccc(OC2CCN(C(=O)[C@H]3CC(=O)N(c4ccc(F)cc4)C3)CC2)n1. The van der Waals surface area contributed by atoms with Gasteiger partial charge in [-0.2, -0.15) is 4.98 Å². The van der Waals surface area contributed by atoms with E-state index in [1.165, 1.54) is 12.1 Å². The lowest BCUT2D eigenvalue weighted by molar-refractivity contribution is -0.137. The van der Waals surface area contributed by atoms with Gasteiger partial charge < -0.3 is 14.5 Å². The summed E-state index contributed by atoms with van der Waals surface area (Å²) >= 11 is 0. The fraction of sp³-hybridized carbons (Fsp3) is 0.429. The average molecular weight is 398 g/mol. The summed E-state index contributed by atoms with van der Waals surface area (Å²) in [5.74, 6) is 0.390. The minimum atomic E-state index is -0.366. The molecule has 29 heavy (non-hydrogen) atoms. The molecular weight excluding hydrogens is 375 g/mol. The van der Waals surface area contributed by atoms with Gasteiger partial charge in [-0.05, 0) is 31.2 Å². The van der Waals surface area contributed by atoms with Gasteiger partial charge in [0.1, 0.15) is 17.7 Å². The Morgan fingerprint density at radius 3 is 2.59 bits per heavy atom. The number of ether oxygens (including phenoxy) is 1. The lowest BCUT2D eigenvalue weighted by Gasteiger charge is -2.33. The molecule has 2 amide bonds. The molecule has 3 heterocycles. The third-order valence-corrected chi connectivity index (χ3v) is 5.40. The number of carbonyl (C=O) groups excluding carboxylic acids is 2. The average Bonchev–Trinajstić information content (AvgIpc) is 3.10. The Bertz CT molecular complexity index is 897. The smallest absolute Gasteiger partial charge is 0.228 e. The normalized spacial score (nSPS) is 20.2. The van der Waals surface area contributed by atoms with Crippen LogP contribution in [0.1, 0.15) is 25.1 Å². The number of halogens is 1. The fourth-order valence-corrected chi connectivity index (χ4v) is 3.87. The summed E-state index contributed by atoms with van der Waals surface area (Å²) < 4.78 is 19.0. The van der Waals surface area contributed by atoms with Crippen LogP contribution in [0.25, 0.3) is 0 Å². The van der Waals surface area contributed by atoms with Crippen molar-refractivity contribution < 1.29 is 18.7 Å². The van der Waals surface area contributed by atoms with E-state index in [2.05, 4.69) is 9.97 Å². The molecule has 2 aromatic rings. The second-order valence-corrected chi connectivity index (χ2v) is 7.47. The summed E-state index contributed by atoms with van der Waals surface area (Å²) in [4.78, 5) is 37.0. The van der Waals surface area contributed by atoms with Crippen molar-refractivity contribution in [1.29, 1.82) is 0 Å². The highest BCUT2D eigenvalue weighted by atomic mass is 19.1. The quantitative estimate of drug-likeness (QED) is 0.790. The maximum atomic E-state index is 13.1. The first-order valence-corrected chi connectivity index (χ1v) is 9.80. The van der Waals surface area contributed by atoms with E-state index in [-0.39, 0.29) is 36.1 Å². The number of aromatic nitrogens is 2. The lowest BCUT2D eigenvalue weighted by Crippen LogP contribution is -2.45. The number of anilines is 1. The van der Waals surface area contributed by atoms with Crippen molar-refractivity contribution in [3.63, 3.8) is 0 Å². The molecule has 2 aliphatic heterocycles. The number of aryl methyl sites for hydroxylation is 1. The Morgan fingerprint density at radius 1 is 1.17 bits per heavy atom. The number of likely N-dealkylation sites (tertiary alicyclic amines) is 1. The molecule has 1 aromatic carbocycles. The molecular formula is C21H23FN4O3. The van der Waals surface area contributed by atoms with Gasteiger partial charge in [0, 0.05) is 56.8 Å². The van der Waals surface area contributed by atoms with Gasteiger partial charge in [0.05, 0.1) is 5.92 Å². The minimum absolute atomic E-state index is 0.000655. The predicted molar refractivity (Wildman–Crippen MR) is 104 cm³/mol. The Labute approximate surface area is 168 Å². The van der Waals surface area contributed by atoms with Crippen LogP contribution in [0.3, 0.4) is 0 Å². The Morgan fingerprint density at radius 2 is 1.90 bits per heavy atom. The first-order chi connectivity index (χ1) is 14.0. The molecule has 0 unspecified atom stereocenters. The van der Waals surface area contributed by atoms with Gasteiger partial charge in [-0.3, -0.25) is 9.59 Å². The summed E-state index contributed by atoms with van der Waals surface area (Å²) in [5.41, 5.74) is 0.624. The number of nitrogens with zero attached hydrogens (tertiary/aromatic N) is 4. The maximum absolute atomic E-state index is 13.1. The van der Waals surface area contributed by atoms with Crippen LogP contribution in [-0.2, 0) is 9.59 Å². The van der Waals surface area contributed by atoms with Crippen molar-refractivity contribution in [3.8, 4) is 5.88 Å². The third-order valence-electron chi connectivity index (χ3n) is 5.40. The largest absolute Gasteiger partial charge is 0.474 e. The number of amides is 2. The van der Waals surface area contributed by atoms with Crippen LogP contribution in [-0.4, -0.2) is 52.4 Å². The standard InChI is InChI=1S/C21H23FN4O3/c1-14-23-9-6-19(24-14)29-18-7-10-25(11-8-18)21(28)15-12-20(27)26(13-15)17-4-2-16(22)3-5-17/h2-6,9,15,18H,7-8,10-13H2,1H3/t15-/m0/s1. The van der Waals surface area contributed by atoms with Crippen molar-refractivity contribution in [2.24, 2.45) is 5.92 Å². The van der Waals surface area contributed by atoms with Crippen molar-refractivity contribution in [2.75, 3.05) is 24.5 Å². The van der Waals surface area contributed by atoms with E-state index >= 15 is 0 Å². The first kappa shape index (κ1) is 19.3. The molecule has 7 nitrogen and oxygen atoms in total. The minimum Gasteiger partial charge on any atom is -0.474 e. The van der Waals surface area contributed by atoms with Crippen molar-refractivity contribution in [1.82, 2.24) is 14.9 Å². The summed E-state index contributed by atoms with van der Waals surface area (Å²) in [6.07, 6.45) is 3.30. The molecule has 0 N–H and O–H groups in total. The van der Waals surface area contributed by atoms with Crippen molar-refractivity contribution in [3.05, 3.63) is 48.2 Å². The zero-order valence-electron chi connectivity index (χ0n) is 16.3. The summed E-state index contributed by atoms with van der Waals surface area (Å²) in [5, 5.41) is 0. The molecule has 2 fully saturated rings. The van der Waals surface area contributed by atoms with Crippen LogP contribution in [0, 0.1) is 18.7 Å². The van der Waals surface area contributed by atoms with Gasteiger partial charge in [-0.15, -0.1) is 0 Å². The summed E-state index contributed by atoms with van der Waals surface area (Å²) in [7, 11) is 0. The topological polar surface area (TPSA) is 75.6 Å². The van der Waals surface area contributed by atoms with E-state index in [1.54, 1.807) is 29.3 Å². The van der Waals surface area contributed by atoms with E-state index < -0.39 is 0 Å². The molecule has 0 aliphatic carbocycles. The molecule has 0 saturated carbocycles. The number of hydrogen-bond donors (Lipinski definition) is 0. The molecule has 1 atom stereocenters. The first-order valence-electron chi connectivity index (χ1n) is 9.80. The highest BCUT2D eigenvalue weighted by Gasteiger charge is 2.38. The van der Waals surface area contributed by atoms with Gasteiger partial charge in [0.2, 0.25) is 17.7 Å². The second-order valence-electron chi connectivity index (χ2n) is 7.47. The van der Waals surface area contributed by atoms with Crippen LogP contribution in [0.15, 0.2) is 36.5 Å². The Kier molecular flexibility index (Phi) is 5.42. The van der Waals surface area contributed by atoms with Gasteiger partial charge in [0.15, 0.2) is 0 Å². The van der Waals surface area contributed by atoms with E-state index in [4.69, 9.17) is 4.74 Å². The lowest BCUT2D eigenvalue weighted by atomic mass is 10.0. The number of hydrogen-bond acceptors (Lipinski definition) is 5. The maximum Gasteiger partial charge on any atom is 0.228 e. The van der Waals surface area contributed by atoms with Crippen LogP contribution >= 0.6 is 0 Å². The molecule has 1 aromatic heterocycles. The van der Waals surface area contributed by atoms with Crippen LogP contribution in [0.5, 0.6) is 5.88 Å². The highest BCUT2D eigenvalue weighted by molar-refractivity contribution is 6.00. The van der Waals surface area contributed by atoms with E-state index in [0.29, 0.717) is 37.0 Å². The van der Waals surface area contributed by atoms with Gasteiger partial charge in [0.25, 0.3) is 0 Å². The summed E-state index contributed by atoms with van der Waals surface area (Å²) in [6.45, 7) is 3.33. The Balaban J connectivity index is 1.31. The molecule has 4 rings (SSSR count). The van der Waals surface area contributed by atoms with Gasteiger partial charge in [-0.1, -0.05) is 0 Å². The number of piperidine rings is 1. The zero-order valence-corrected chi connectivity index (χ0v) is 16.3. The third kappa shape index (κ3) is 4.36. The molecule has 0 bridgehead atoms. The predicted octanol–water partition coefficient (Wildman–Crippen LogP) is 2.35. The van der Waals surface area contributed by atoms with Crippen LogP contribution in [0.2, 0.25) is 0 Å². The van der Waals surface area contributed by atoms with E-state index in [1.807, 2.05) is 11.8 Å². The zero-order chi connectivity index (χ0) is 20.4. The number of rotatable bonds is 4. The molecule has 2 saturated heterocycles. The molecule has 0 spiro atoms. The number of benzene rings is 1. The van der Waals surface area contributed by atoms with Crippen molar-refractivity contribution >= 4 is 17.5 Å². The highest BCUT2D eigenvalue weighted by Crippen LogP contribution is 2.28. The molecule has 152 valence electrons. The summed E-state index contributed by atoms with van der Waals surface area (Å²) in [6, 6.07) is 7.51. The second kappa shape index (κ2) is 8.14. The monoisotopic (exact) mass is 398 g/mol. The van der Waals surface area contributed by atoms with Gasteiger partial charge >= 0.3 is 0 Å². The molecule has 0 radical (unpaired) electrons. The van der Waals surface area contributed by atoms with Crippen LogP contribution in [0.4, 0.5) is 10.1 Å². The van der Waals surface area contributed by atoms with Gasteiger partial charge in [-0.25, -0.2) is 9.37 Å². The molecule has 2 aliphatic rings. The number of carbonyl (C=O) groups is 2. The van der Waals surface area contributed by atoms with Crippen LogP contribution < -0.4 is 9.64 Å². The van der Waals surface area contributed by atoms with E-state index in [9.17, 15) is 14.0 Å². The van der Waals surface area contributed by atoms with E-state index in [0.717, 1.165) is 12.8 Å². The Hall–Kier alpha value is -3.03. The molecule has 8 heteroatoms. The fourth-order valence-electron chi connectivity index (χ4n) is 3.87.